The first-order valence-corrected chi connectivity index (χ1v) is 4.88. The minimum Gasteiger partial charge on any atom is -0.343 e. The molecule has 0 bridgehead atoms. The van der Waals surface area contributed by atoms with Crippen molar-refractivity contribution < 1.29 is 44.5 Å². The van der Waals surface area contributed by atoms with Crippen LogP contribution >= 0.6 is 0 Å². The monoisotopic (exact) mass is 344 g/mol. The van der Waals surface area contributed by atoms with Gasteiger partial charge >= 0.3 is 33.9 Å². The summed E-state index contributed by atoms with van der Waals surface area (Å²) in [6, 6.07) is 8.31. The van der Waals surface area contributed by atoms with Crippen LogP contribution in [-0.4, -0.2) is 13.2 Å². The first kappa shape index (κ1) is 20.4. The summed E-state index contributed by atoms with van der Waals surface area (Å²) < 4.78 is 33.7. The predicted molar refractivity (Wildman–Crippen MR) is 55.5 cm³/mol. The quantitative estimate of drug-likeness (QED) is 0.405. The molecule has 1 aromatic rings. The number of rotatable bonds is 0. The summed E-state index contributed by atoms with van der Waals surface area (Å²) in [5, 5.41) is 0. The zero-order valence-corrected chi connectivity index (χ0v) is 11.9. The van der Waals surface area contributed by atoms with Gasteiger partial charge in [0, 0.05) is 33.0 Å². The number of benzene rings is 1. The molecular weight excluding hydrogens is 332 g/mol. The fourth-order valence-electron chi connectivity index (χ4n) is 2.00. The van der Waals surface area contributed by atoms with Crippen molar-refractivity contribution >= 4 is 0 Å². The minimum atomic E-state index is -0.351. The molecule has 98 valence electrons. The Hall–Kier alpha value is -0.952. The van der Waals surface area contributed by atoms with Crippen LogP contribution in [0.2, 0.25) is 0 Å². The van der Waals surface area contributed by atoms with Crippen LogP contribution in [0.3, 0.4) is 0 Å². The molecule has 2 aliphatic rings. The Balaban J connectivity index is 0. The predicted octanol–water partition coefficient (Wildman–Crippen LogP) is 1.33. The van der Waals surface area contributed by atoms with Crippen LogP contribution in [0.4, 0.5) is 0 Å². The van der Waals surface area contributed by atoms with Gasteiger partial charge in [0.2, 0.25) is 0 Å². The van der Waals surface area contributed by atoms with Crippen molar-refractivity contribution in [3.8, 4) is 0 Å². The van der Waals surface area contributed by atoms with Gasteiger partial charge in [-0.25, -0.2) is 0 Å². The molecule has 1 heterocycles. The zero-order chi connectivity index (χ0) is 14.0. The van der Waals surface area contributed by atoms with E-state index in [1.807, 2.05) is 6.07 Å². The first-order chi connectivity index (χ1) is 8.91. The topological polar surface area (TPSA) is 78.2 Å². The molecule has 0 radical (unpaired) electrons. The second-order valence-electron chi connectivity index (χ2n) is 3.28. The van der Waals surface area contributed by atoms with E-state index in [-0.39, 0.29) is 26.9 Å². The average molecular weight is 342 g/mol. The van der Waals surface area contributed by atoms with E-state index < -0.39 is 0 Å². The smallest absolute Gasteiger partial charge is 0.199 e. The van der Waals surface area contributed by atoms with E-state index >= 15 is 0 Å². The van der Waals surface area contributed by atoms with Crippen molar-refractivity contribution in [1.82, 2.24) is 0 Å². The van der Waals surface area contributed by atoms with Gasteiger partial charge in [-0.2, -0.15) is 0 Å². The Morgan fingerprint density at radius 3 is 1.84 bits per heavy atom. The van der Waals surface area contributed by atoms with E-state index in [0.29, 0.717) is 0 Å². The van der Waals surface area contributed by atoms with Crippen LogP contribution in [0.25, 0.3) is 0 Å². The van der Waals surface area contributed by atoms with E-state index in [4.69, 9.17) is 23.4 Å². The fourth-order valence-corrected chi connectivity index (χ4v) is 2.00. The molecule has 0 aromatic heterocycles. The molecule has 19 heavy (non-hydrogen) atoms. The molecule has 0 N–H and O–H groups in total. The summed E-state index contributed by atoms with van der Waals surface area (Å²) in [6.07, 6.45) is 0.920. The van der Waals surface area contributed by atoms with Gasteiger partial charge in [0.1, 0.15) is 0 Å². The van der Waals surface area contributed by atoms with Crippen molar-refractivity contribution in [3.63, 3.8) is 0 Å². The van der Waals surface area contributed by atoms with Crippen LogP contribution in [0.15, 0.2) is 24.3 Å². The third kappa shape index (κ3) is 4.28. The summed E-state index contributed by atoms with van der Waals surface area (Å²) >= 11 is 0. The zero-order valence-electron chi connectivity index (χ0n) is 9.88. The summed E-state index contributed by atoms with van der Waals surface area (Å²) in [5.74, 6) is -0.351. The molecule has 0 saturated carbocycles. The SMILES string of the molecule is [C-]#[O+].[C-]#[O+].[C-]#[O+].[Mo].c1ccc2c(c1)CC21OCCO1. The number of hydrogen-bond acceptors (Lipinski definition) is 2. The second-order valence-corrected chi connectivity index (χ2v) is 3.28. The molecule has 5 nitrogen and oxygen atoms in total. The van der Waals surface area contributed by atoms with Gasteiger partial charge in [0.25, 0.3) is 0 Å². The van der Waals surface area contributed by atoms with Crippen molar-refractivity contribution in [1.29, 1.82) is 0 Å². The van der Waals surface area contributed by atoms with Crippen molar-refractivity contribution in [2.24, 2.45) is 0 Å². The third-order valence-electron chi connectivity index (χ3n) is 2.60. The Morgan fingerprint density at radius 2 is 1.37 bits per heavy atom. The van der Waals surface area contributed by atoms with Gasteiger partial charge < -0.3 is 9.47 Å². The fraction of sp³-hybridized carbons (Fsp3) is 0.308. The van der Waals surface area contributed by atoms with Crippen molar-refractivity contribution in [3.05, 3.63) is 55.3 Å². The largest absolute Gasteiger partial charge is 0.343 e. The van der Waals surface area contributed by atoms with Crippen LogP contribution in [0, 0.1) is 20.0 Å². The van der Waals surface area contributed by atoms with Crippen LogP contribution in [0.5, 0.6) is 0 Å². The van der Waals surface area contributed by atoms with E-state index in [2.05, 4.69) is 38.2 Å². The van der Waals surface area contributed by atoms with Gasteiger partial charge in [0.15, 0.2) is 5.79 Å². The molecule has 1 fully saturated rings. The first-order valence-electron chi connectivity index (χ1n) is 4.88. The van der Waals surface area contributed by atoms with E-state index in [1.165, 1.54) is 11.1 Å². The van der Waals surface area contributed by atoms with Gasteiger partial charge in [-0.15, -0.1) is 0 Å². The van der Waals surface area contributed by atoms with Gasteiger partial charge in [-0.3, -0.25) is 0 Å². The Kier molecular flexibility index (Phi) is 11.7. The summed E-state index contributed by atoms with van der Waals surface area (Å²) in [4.78, 5) is 0. The molecule has 6 heteroatoms. The molecule has 0 amide bonds. The Labute approximate surface area is 125 Å². The minimum absolute atomic E-state index is 0. The summed E-state index contributed by atoms with van der Waals surface area (Å²) in [6.45, 7) is 15.0. The molecule has 1 aliphatic heterocycles. The summed E-state index contributed by atoms with van der Waals surface area (Å²) in [7, 11) is 0. The van der Waals surface area contributed by atoms with E-state index in [0.717, 1.165) is 19.6 Å². The molecule has 1 spiro atoms. The normalized spacial score (nSPS) is 15.3. The molecule has 0 atom stereocenters. The molecule has 1 aliphatic carbocycles. The maximum atomic E-state index is 7.50. The van der Waals surface area contributed by atoms with Gasteiger partial charge in [-0.1, -0.05) is 24.3 Å². The van der Waals surface area contributed by atoms with Crippen LogP contribution in [-0.2, 0) is 56.7 Å². The standard InChI is InChI=1S/C10H10O2.3CO.Mo/c1-2-4-9-8(3-1)7-10(9)11-5-6-12-10;3*1-2;/h1-4H,5-7H2;;;;. The summed E-state index contributed by atoms with van der Waals surface area (Å²) in [5.41, 5.74) is 2.59. The number of hydrogen-bond donors (Lipinski definition) is 0. The van der Waals surface area contributed by atoms with Crippen LogP contribution in [0.1, 0.15) is 11.1 Å². The number of ether oxygens (including phenoxy) is 2. The van der Waals surface area contributed by atoms with Crippen molar-refractivity contribution in [2.75, 3.05) is 13.2 Å². The Bertz CT molecular complexity index is 418. The second kappa shape index (κ2) is 10.9. The van der Waals surface area contributed by atoms with Gasteiger partial charge in [-0.05, 0) is 5.56 Å². The Morgan fingerprint density at radius 1 is 0.895 bits per heavy atom. The average Bonchev–Trinajstić information content (AvgIpc) is 2.96. The third-order valence-corrected chi connectivity index (χ3v) is 2.60. The van der Waals surface area contributed by atoms with E-state index in [1.54, 1.807) is 0 Å². The van der Waals surface area contributed by atoms with Crippen molar-refractivity contribution in [2.45, 2.75) is 12.2 Å². The molecule has 1 saturated heterocycles. The maximum Gasteiger partial charge on any atom is 0.199 e. The molecule has 3 rings (SSSR count). The molecule has 0 unspecified atom stereocenters. The van der Waals surface area contributed by atoms with Crippen LogP contribution < -0.4 is 0 Å². The van der Waals surface area contributed by atoms with E-state index in [9.17, 15) is 0 Å². The van der Waals surface area contributed by atoms with Gasteiger partial charge in [0.05, 0.1) is 13.2 Å². The molecule has 1 aromatic carbocycles. The maximum absolute atomic E-state index is 7.50. The molecular formula is C13H10MoO5. The number of fused-ring (bicyclic) bond motifs is 2.